The van der Waals surface area contributed by atoms with E-state index in [1.807, 2.05) is 4.98 Å². The van der Waals surface area contributed by atoms with E-state index in [4.69, 9.17) is 15.2 Å². The number of benzene rings is 1. The van der Waals surface area contributed by atoms with Crippen LogP contribution in [0, 0.1) is 0 Å². The van der Waals surface area contributed by atoms with Crippen molar-refractivity contribution in [3.8, 4) is 22.6 Å². The van der Waals surface area contributed by atoms with Crippen LogP contribution in [0.15, 0.2) is 23.0 Å². The number of methoxy groups -OCH3 is 2. The SMILES string of the molecule is COC(=O)C(C)Oc1ccc(-c2c(C(=O)O)c(N)[nH]c(=O)c2C(=O)O)cc1OC. The van der Waals surface area contributed by atoms with E-state index in [-0.39, 0.29) is 17.1 Å². The molecule has 0 bridgehead atoms. The fourth-order valence-electron chi connectivity index (χ4n) is 2.66. The van der Waals surface area contributed by atoms with Crippen molar-refractivity contribution in [2.45, 2.75) is 13.0 Å². The predicted molar refractivity (Wildman–Crippen MR) is 99.5 cm³/mol. The molecule has 0 fully saturated rings. The molecule has 0 aliphatic carbocycles. The van der Waals surface area contributed by atoms with E-state index in [0.717, 1.165) is 0 Å². The van der Waals surface area contributed by atoms with E-state index in [0.29, 0.717) is 0 Å². The second-order valence-electron chi connectivity index (χ2n) is 5.75. The first-order chi connectivity index (χ1) is 13.6. The summed E-state index contributed by atoms with van der Waals surface area (Å²) >= 11 is 0. The number of nitrogen functional groups attached to an aromatic ring is 1. The average Bonchev–Trinajstić information content (AvgIpc) is 2.66. The first kappa shape index (κ1) is 21.3. The van der Waals surface area contributed by atoms with Crippen LogP contribution >= 0.6 is 0 Å². The first-order valence-corrected chi connectivity index (χ1v) is 8.07. The van der Waals surface area contributed by atoms with Crippen molar-refractivity contribution in [2.24, 2.45) is 0 Å². The van der Waals surface area contributed by atoms with Gasteiger partial charge in [0.05, 0.1) is 14.2 Å². The molecule has 1 unspecified atom stereocenters. The number of carboxylic acids is 2. The number of pyridine rings is 1. The number of aromatic amines is 1. The molecule has 0 aliphatic rings. The number of esters is 1. The number of carbonyl (C=O) groups is 3. The number of nitrogens with two attached hydrogens (primary N) is 1. The largest absolute Gasteiger partial charge is 0.493 e. The van der Waals surface area contributed by atoms with Gasteiger partial charge in [-0.2, -0.15) is 0 Å². The summed E-state index contributed by atoms with van der Waals surface area (Å²) in [6.07, 6.45) is -0.973. The first-order valence-electron chi connectivity index (χ1n) is 8.07. The fraction of sp³-hybridized carbons (Fsp3) is 0.222. The quantitative estimate of drug-likeness (QED) is 0.484. The van der Waals surface area contributed by atoms with Crippen LogP contribution < -0.4 is 20.8 Å². The maximum absolute atomic E-state index is 12.1. The number of carboxylic acid groups (broad SMARTS) is 2. The molecule has 5 N–H and O–H groups in total. The Morgan fingerprint density at radius 2 is 1.69 bits per heavy atom. The van der Waals surface area contributed by atoms with E-state index >= 15 is 0 Å². The van der Waals surface area contributed by atoms with Crippen LogP contribution in [0.3, 0.4) is 0 Å². The molecule has 0 spiro atoms. The van der Waals surface area contributed by atoms with Gasteiger partial charge in [-0.1, -0.05) is 6.07 Å². The molecule has 1 aromatic carbocycles. The third-order valence-corrected chi connectivity index (χ3v) is 3.96. The summed E-state index contributed by atoms with van der Waals surface area (Å²) < 4.78 is 15.2. The Hall–Kier alpha value is -4.02. The van der Waals surface area contributed by atoms with Crippen LogP contribution in [-0.4, -0.2) is 53.4 Å². The van der Waals surface area contributed by atoms with E-state index in [1.54, 1.807) is 0 Å². The summed E-state index contributed by atoms with van der Waals surface area (Å²) in [5, 5.41) is 18.9. The van der Waals surface area contributed by atoms with Crippen LogP contribution in [0.2, 0.25) is 0 Å². The van der Waals surface area contributed by atoms with Crippen molar-refractivity contribution in [2.75, 3.05) is 20.0 Å². The lowest BCUT2D eigenvalue weighted by molar-refractivity contribution is -0.147. The molecule has 2 aromatic rings. The summed E-state index contributed by atoms with van der Waals surface area (Å²) in [7, 11) is 2.48. The highest BCUT2D eigenvalue weighted by molar-refractivity contribution is 6.07. The minimum absolute atomic E-state index is 0.0347. The van der Waals surface area contributed by atoms with Gasteiger partial charge in [-0.15, -0.1) is 0 Å². The molecule has 29 heavy (non-hydrogen) atoms. The van der Waals surface area contributed by atoms with E-state index in [1.165, 1.54) is 39.3 Å². The van der Waals surface area contributed by atoms with Gasteiger partial charge in [0.15, 0.2) is 17.6 Å². The second-order valence-corrected chi connectivity index (χ2v) is 5.75. The lowest BCUT2D eigenvalue weighted by Gasteiger charge is -2.17. The Morgan fingerprint density at radius 3 is 2.21 bits per heavy atom. The van der Waals surface area contributed by atoms with Crippen molar-refractivity contribution < 1.29 is 38.8 Å². The molecule has 1 atom stereocenters. The monoisotopic (exact) mass is 406 g/mol. The van der Waals surface area contributed by atoms with Gasteiger partial charge in [0.1, 0.15) is 16.9 Å². The summed E-state index contributed by atoms with van der Waals surface area (Å²) in [5.74, 6) is -4.14. The smallest absolute Gasteiger partial charge is 0.346 e. The lowest BCUT2D eigenvalue weighted by atomic mass is 9.95. The maximum Gasteiger partial charge on any atom is 0.346 e. The molecule has 0 saturated carbocycles. The van der Waals surface area contributed by atoms with Crippen molar-refractivity contribution in [3.05, 3.63) is 39.7 Å². The predicted octanol–water partition coefficient (Wildman–Crippen LogP) is 0.969. The number of hydrogen-bond donors (Lipinski definition) is 4. The van der Waals surface area contributed by atoms with Gasteiger partial charge in [0, 0.05) is 5.56 Å². The average molecular weight is 406 g/mol. The highest BCUT2D eigenvalue weighted by Crippen LogP contribution is 2.36. The van der Waals surface area contributed by atoms with Gasteiger partial charge in [-0.3, -0.25) is 4.79 Å². The number of aromatic carboxylic acids is 2. The number of rotatable bonds is 7. The Bertz CT molecular complexity index is 1040. The van der Waals surface area contributed by atoms with Gasteiger partial charge in [0.2, 0.25) is 0 Å². The molecular formula is C18H18N2O9. The highest BCUT2D eigenvalue weighted by atomic mass is 16.6. The summed E-state index contributed by atoms with van der Waals surface area (Å²) in [4.78, 5) is 49.0. The number of ether oxygens (including phenoxy) is 3. The molecule has 0 saturated heterocycles. The Kier molecular flexibility index (Phi) is 6.12. The Morgan fingerprint density at radius 1 is 1.07 bits per heavy atom. The molecule has 154 valence electrons. The summed E-state index contributed by atoms with van der Waals surface area (Å²) in [6, 6.07) is 3.92. The van der Waals surface area contributed by atoms with Gasteiger partial charge in [-0.25, -0.2) is 14.4 Å². The van der Waals surface area contributed by atoms with E-state index in [2.05, 4.69) is 4.74 Å². The van der Waals surface area contributed by atoms with Crippen molar-refractivity contribution in [1.29, 1.82) is 0 Å². The van der Waals surface area contributed by atoms with Crippen molar-refractivity contribution >= 4 is 23.7 Å². The standard InChI is InChI=1S/C18H18N2O9/c1-7(18(26)28-3)29-9-5-4-8(6-10(9)27-2)11-12(16(22)23)14(19)20-15(21)13(11)17(24)25/h4-7H,1-3H3,(H,22,23)(H,24,25)(H3,19,20,21). The topological polar surface area (TPSA) is 178 Å². The number of H-pyrrole nitrogens is 1. The molecule has 1 aromatic heterocycles. The van der Waals surface area contributed by atoms with Crippen LogP contribution in [-0.2, 0) is 9.53 Å². The Labute approximate surface area is 163 Å². The molecule has 0 amide bonds. The lowest BCUT2D eigenvalue weighted by Crippen LogP contribution is -2.25. The summed E-state index contributed by atoms with van der Waals surface area (Å²) in [6.45, 7) is 1.45. The van der Waals surface area contributed by atoms with Crippen molar-refractivity contribution in [3.63, 3.8) is 0 Å². The second kappa shape index (κ2) is 8.33. The molecule has 2 rings (SSSR count). The fourth-order valence-corrected chi connectivity index (χ4v) is 2.66. The van der Waals surface area contributed by atoms with Crippen LogP contribution in [0.1, 0.15) is 27.6 Å². The molecule has 0 radical (unpaired) electrons. The minimum Gasteiger partial charge on any atom is -0.493 e. The molecule has 1 heterocycles. The maximum atomic E-state index is 12.1. The minimum atomic E-state index is -1.64. The zero-order valence-corrected chi connectivity index (χ0v) is 15.6. The molecule has 11 heteroatoms. The third-order valence-electron chi connectivity index (χ3n) is 3.96. The number of hydrogen-bond acceptors (Lipinski definition) is 8. The third kappa shape index (κ3) is 4.13. The van der Waals surface area contributed by atoms with Crippen LogP contribution in [0.5, 0.6) is 11.5 Å². The van der Waals surface area contributed by atoms with Gasteiger partial charge in [-0.05, 0) is 24.6 Å². The molecule has 11 nitrogen and oxygen atoms in total. The zero-order chi connectivity index (χ0) is 21.9. The van der Waals surface area contributed by atoms with Crippen LogP contribution in [0.25, 0.3) is 11.1 Å². The van der Waals surface area contributed by atoms with Crippen LogP contribution in [0.4, 0.5) is 5.82 Å². The molecular weight excluding hydrogens is 388 g/mol. The van der Waals surface area contributed by atoms with Gasteiger partial charge >= 0.3 is 17.9 Å². The van der Waals surface area contributed by atoms with E-state index in [9.17, 15) is 29.4 Å². The number of anilines is 1. The number of nitrogens with one attached hydrogen (secondary N) is 1. The number of carbonyl (C=O) groups excluding carboxylic acids is 1. The molecule has 0 aliphatic heterocycles. The zero-order valence-electron chi connectivity index (χ0n) is 15.6. The summed E-state index contributed by atoms with van der Waals surface area (Å²) in [5.41, 5.74) is 2.81. The Balaban J connectivity index is 2.72. The number of aromatic nitrogens is 1. The highest BCUT2D eigenvalue weighted by Gasteiger charge is 2.27. The normalized spacial score (nSPS) is 11.4. The van der Waals surface area contributed by atoms with Gasteiger partial charge in [0.25, 0.3) is 5.56 Å². The van der Waals surface area contributed by atoms with E-state index < -0.39 is 52.1 Å². The van der Waals surface area contributed by atoms with Crippen molar-refractivity contribution in [1.82, 2.24) is 4.98 Å². The van der Waals surface area contributed by atoms with Gasteiger partial charge < -0.3 is 35.1 Å².